The fourth-order valence-corrected chi connectivity index (χ4v) is 2.82. The summed E-state index contributed by atoms with van der Waals surface area (Å²) in [5.74, 6) is -1.85. The highest BCUT2D eigenvalue weighted by Gasteiger charge is 2.12. The number of rotatable bonds is 2. The monoisotopic (exact) mass is 331 g/mol. The molecule has 1 heterocycles. The zero-order valence-electron chi connectivity index (χ0n) is 9.26. The number of amides is 1. The third-order valence-electron chi connectivity index (χ3n) is 2.20. The summed E-state index contributed by atoms with van der Waals surface area (Å²) in [4.78, 5) is 12.3. The summed E-state index contributed by atoms with van der Waals surface area (Å²) in [5.41, 5.74) is 1.04. The Morgan fingerprint density at radius 3 is 2.33 bits per heavy atom. The van der Waals surface area contributed by atoms with Crippen molar-refractivity contribution in [2.24, 2.45) is 0 Å². The number of carbonyl (C=O) groups is 1. The molecule has 0 radical (unpaired) electrons. The maximum Gasteiger partial charge on any atom is 0.265 e. The van der Waals surface area contributed by atoms with Gasteiger partial charge in [0.1, 0.15) is 11.6 Å². The van der Waals surface area contributed by atoms with Crippen molar-refractivity contribution in [3.8, 4) is 0 Å². The van der Waals surface area contributed by atoms with Gasteiger partial charge in [-0.15, -0.1) is 11.3 Å². The molecule has 1 aromatic carbocycles. The second-order valence-corrected chi connectivity index (χ2v) is 6.05. The molecule has 1 amide bonds. The lowest BCUT2D eigenvalue weighted by Crippen LogP contribution is -2.10. The molecule has 18 heavy (non-hydrogen) atoms. The number of aryl methyl sites for hydroxylation is 1. The van der Waals surface area contributed by atoms with Gasteiger partial charge in [-0.1, -0.05) is 0 Å². The zero-order chi connectivity index (χ0) is 13.3. The molecule has 0 fully saturated rings. The van der Waals surface area contributed by atoms with Gasteiger partial charge in [0.05, 0.1) is 8.66 Å². The van der Waals surface area contributed by atoms with Crippen molar-refractivity contribution in [2.75, 3.05) is 5.32 Å². The molecule has 2 rings (SSSR count). The highest BCUT2D eigenvalue weighted by molar-refractivity contribution is 9.11. The fourth-order valence-electron chi connectivity index (χ4n) is 1.39. The maximum absolute atomic E-state index is 13.0. The lowest BCUT2D eigenvalue weighted by molar-refractivity contribution is 0.103. The van der Waals surface area contributed by atoms with E-state index in [9.17, 15) is 13.6 Å². The molecule has 0 aliphatic heterocycles. The van der Waals surface area contributed by atoms with Crippen LogP contribution in [0.1, 0.15) is 15.2 Å². The van der Waals surface area contributed by atoms with Gasteiger partial charge in [-0.3, -0.25) is 4.79 Å². The Kier molecular flexibility index (Phi) is 3.77. The second kappa shape index (κ2) is 5.16. The molecule has 0 atom stereocenters. The predicted octanol–water partition coefficient (Wildman–Crippen LogP) is 4.35. The normalized spacial score (nSPS) is 10.4. The topological polar surface area (TPSA) is 29.1 Å². The average molecular weight is 332 g/mol. The molecule has 0 spiro atoms. The van der Waals surface area contributed by atoms with Gasteiger partial charge in [0.2, 0.25) is 0 Å². The van der Waals surface area contributed by atoms with Crippen LogP contribution in [0.4, 0.5) is 14.5 Å². The summed E-state index contributed by atoms with van der Waals surface area (Å²) in [6.07, 6.45) is 0. The van der Waals surface area contributed by atoms with E-state index in [-0.39, 0.29) is 11.6 Å². The predicted molar refractivity (Wildman–Crippen MR) is 71.1 cm³/mol. The Hall–Kier alpha value is -1.27. The largest absolute Gasteiger partial charge is 0.321 e. The maximum atomic E-state index is 13.0. The number of thiophene rings is 1. The van der Waals surface area contributed by atoms with Crippen LogP contribution in [0.5, 0.6) is 0 Å². The van der Waals surface area contributed by atoms with Gasteiger partial charge in [0.25, 0.3) is 5.91 Å². The Morgan fingerprint density at radius 2 is 1.83 bits per heavy atom. The summed E-state index contributed by atoms with van der Waals surface area (Å²) in [7, 11) is 0. The van der Waals surface area contributed by atoms with Gasteiger partial charge in [-0.2, -0.15) is 0 Å². The van der Waals surface area contributed by atoms with Crippen LogP contribution in [0.25, 0.3) is 0 Å². The van der Waals surface area contributed by atoms with Crippen LogP contribution in [-0.4, -0.2) is 5.91 Å². The molecule has 0 aliphatic carbocycles. The van der Waals surface area contributed by atoms with Crippen molar-refractivity contribution in [2.45, 2.75) is 6.92 Å². The quantitative estimate of drug-likeness (QED) is 0.870. The van der Waals surface area contributed by atoms with Gasteiger partial charge >= 0.3 is 0 Å². The molecule has 2 nitrogen and oxygen atoms in total. The minimum atomic E-state index is -0.728. The first-order chi connectivity index (χ1) is 8.45. The number of hydrogen-bond donors (Lipinski definition) is 1. The molecule has 0 saturated carbocycles. The third-order valence-corrected chi connectivity index (χ3v) is 4.34. The summed E-state index contributed by atoms with van der Waals surface area (Å²) < 4.78 is 26.8. The van der Waals surface area contributed by atoms with Crippen molar-refractivity contribution in [3.05, 3.63) is 50.1 Å². The minimum Gasteiger partial charge on any atom is -0.321 e. The van der Waals surface area contributed by atoms with Crippen molar-refractivity contribution in [1.82, 2.24) is 0 Å². The van der Waals surface area contributed by atoms with E-state index in [1.807, 2.05) is 6.92 Å². The van der Waals surface area contributed by atoms with E-state index in [4.69, 9.17) is 0 Å². The SMILES string of the molecule is Cc1cc(C(=O)Nc2cc(F)cc(F)c2)sc1Br. The zero-order valence-corrected chi connectivity index (χ0v) is 11.7. The van der Waals surface area contributed by atoms with Crippen LogP contribution >= 0.6 is 27.3 Å². The smallest absolute Gasteiger partial charge is 0.265 e. The first kappa shape index (κ1) is 13.2. The second-order valence-electron chi connectivity index (χ2n) is 3.68. The van der Waals surface area contributed by atoms with Gasteiger partial charge < -0.3 is 5.32 Å². The van der Waals surface area contributed by atoms with E-state index in [0.717, 1.165) is 27.5 Å². The highest BCUT2D eigenvalue weighted by atomic mass is 79.9. The lowest BCUT2D eigenvalue weighted by Gasteiger charge is -2.03. The van der Waals surface area contributed by atoms with Gasteiger partial charge in [0.15, 0.2) is 0 Å². The Bertz CT molecular complexity index is 572. The molecule has 6 heteroatoms. The van der Waals surface area contributed by atoms with E-state index in [2.05, 4.69) is 21.2 Å². The Balaban J connectivity index is 2.21. The van der Waals surface area contributed by atoms with Crippen molar-refractivity contribution < 1.29 is 13.6 Å². The van der Waals surface area contributed by atoms with Gasteiger partial charge in [0, 0.05) is 11.8 Å². The molecule has 0 aliphatic rings. The minimum absolute atomic E-state index is 0.0969. The molecule has 94 valence electrons. The summed E-state index contributed by atoms with van der Waals surface area (Å²) in [6.45, 7) is 1.86. The first-order valence-electron chi connectivity index (χ1n) is 4.99. The van der Waals surface area contributed by atoms with E-state index >= 15 is 0 Å². The third kappa shape index (κ3) is 2.94. The number of carbonyl (C=O) groups excluding carboxylic acids is 1. The van der Waals surface area contributed by atoms with Crippen LogP contribution in [0, 0.1) is 18.6 Å². The number of anilines is 1. The number of halogens is 3. The van der Waals surface area contributed by atoms with E-state index in [1.54, 1.807) is 6.07 Å². The number of nitrogens with one attached hydrogen (secondary N) is 1. The Labute approximate surface area is 115 Å². The van der Waals surface area contributed by atoms with Crippen LogP contribution in [0.15, 0.2) is 28.1 Å². The summed E-state index contributed by atoms with van der Waals surface area (Å²) >= 11 is 4.58. The molecule has 0 unspecified atom stereocenters. The Morgan fingerprint density at radius 1 is 1.22 bits per heavy atom. The highest BCUT2D eigenvalue weighted by Crippen LogP contribution is 2.28. The van der Waals surface area contributed by atoms with E-state index in [1.165, 1.54) is 11.3 Å². The van der Waals surface area contributed by atoms with Crippen molar-refractivity contribution in [3.63, 3.8) is 0 Å². The van der Waals surface area contributed by atoms with Crippen molar-refractivity contribution >= 4 is 38.9 Å². The molecule has 0 bridgehead atoms. The standard InChI is InChI=1S/C12H8BrF2NOS/c1-6-2-10(18-11(6)13)12(17)16-9-4-7(14)3-8(15)5-9/h2-5H,1H3,(H,16,17). The van der Waals surface area contributed by atoms with Crippen molar-refractivity contribution in [1.29, 1.82) is 0 Å². The van der Waals surface area contributed by atoms with Gasteiger partial charge in [-0.25, -0.2) is 8.78 Å². The average Bonchev–Trinajstić information content (AvgIpc) is 2.57. The molecule has 1 aromatic heterocycles. The van der Waals surface area contributed by atoms with Crippen LogP contribution in [0.3, 0.4) is 0 Å². The molecule has 2 aromatic rings. The molecular formula is C12H8BrF2NOS. The van der Waals surface area contributed by atoms with E-state index in [0.29, 0.717) is 4.88 Å². The fraction of sp³-hybridized carbons (Fsp3) is 0.0833. The number of benzene rings is 1. The summed E-state index contributed by atoms with van der Waals surface area (Å²) in [5, 5.41) is 2.45. The lowest BCUT2D eigenvalue weighted by atomic mass is 10.3. The number of hydrogen-bond acceptors (Lipinski definition) is 2. The van der Waals surface area contributed by atoms with Crippen LogP contribution in [0.2, 0.25) is 0 Å². The molecule has 1 N–H and O–H groups in total. The molecular weight excluding hydrogens is 324 g/mol. The van der Waals surface area contributed by atoms with Crippen LogP contribution in [-0.2, 0) is 0 Å². The van der Waals surface area contributed by atoms with Crippen LogP contribution < -0.4 is 5.32 Å². The van der Waals surface area contributed by atoms with E-state index < -0.39 is 11.6 Å². The molecule has 0 saturated heterocycles. The first-order valence-corrected chi connectivity index (χ1v) is 6.60. The van der Waals surface area contributed by atoms with Gasteiger partial charge in [-0.05, 0) is 46.6 Å². The summed E-state index contributed by atoms with van der Waals surface area (Å²) in [6, 6.07) is 4.59.